The summed E-state index contributed by atoms with van der Waals surface area (Å²) in [6.07, 6.45) is 4.92. The lowest BCUT2D eigenvalue weighted by atomic mass is 10.1. The van der Waals surface area contributed by atoms with E-state index in [-0.39, 0.29) is 0 Å². The summed E-state index contributed by atoms with van der Waals surface area (Å²) in [5.74, 6) is -1.07. The minimum absolute atomic E-state index is 0.333. The van der Waals surface area contributed by atoms with E-state index in [1.807, 2.05) is 24.3 Å². The molecule has 0 aliphatic rings. The average molecular weight is 469 g/mol. The Morgan fingerprint density at radius 3 is 2.76 bits per heavy atom. The normalized spacial score (nSPS) is 10.7. The molecule has 7 nitrogen and oxygen atoms in total. The maximum atomic E-state index is 12.7. The van der Waals surface area contributed by atoms with Crippen molar-refractivity contribution in [2.45, 2.75) is 0 Å². The molecule has 1 aromatic carbocycles. The van der Waals surface area contributed by atoms with Crippen LogP contribution >= 0.6 is 27.3 Å². The van der Waals surface area contributed by atoms with Crippen molar-refractivity contribution in [2.75, 3.05) is 11.9 Å². The maximum Gasteiger partial charge on any atom is 0.339 e. The SMILES string of the molecule is O=C(COC(=O)c1cc(-c2cccnc2)nc2ccccc12)Nc1ncc(Br)s1. The van der Waals surface area contributed by atoms with Gasteiger partial charge >= 0.3 is 5.97 Å². The van der Waals surface area contributed by atoms with Crippen molar-refractivity contribution in [3.63, 3.8) is 0 Å². The zero-order valence-corrected chi connectivity index (χ0v) is 17.2. The van der Waals surface area contributed by atoms with Crippen molar-refractivity contribution >= 4 is 55.2 Å². The highest BCUT2D eigenvalue weighted by atomic mass is 79.9. The van der Waals surface area contributed by atoms with Gasteiger partial charge in [-0.15, -0.1) is 0 Å². The molecule has 0 aliphatic heterocycles. The van der Waals surface area contributed by atoms with Crippen LogP contribution in [0, 0.1) is 0 Å². The third kappa shape index (κ3) is 4.47. The Bertz CT molecular complexity index is 1200. The number of thiazole rings is 1. The molecule has 3 aromatic heterocycles. The Labute approximate surface area is 177 Å². The van der Waals surface area contributed by atoms with Gasteiger partial charge < -0.3 is 4.74 Å². The van der Waals surface area contributed by atoms with Crippen LogP contribution < -0.4 is 5.32 Å². The van der Waals surface area contributed by atoms with E-state index in [9.17, 15) is 9.59 Å². The zero-order chi connectivity index (χ0) is 20.2. The summed E-state index contributed by atoms with van der Waals surface area (Å²) in [6, 6.07) is 12.6. The molecular weight excluding hydrogens is 456 g/mol. The van der Waals surface area contributed by atoms with Gasteiger partial charge in [0.15, 0.2) is 11.7 Å². The molecule has 0 atom stereocenters. The average Bonchev–Trinajstić information content (AvgIpc) is 3.16. The number of ether oxygens (including phenoxy) is 1. The lowest BCUT2D eigenvalue weighted by molar-refractivity contribution is -0.119. The van der Waals surface area contributed by atoms with Crippen LogP contribution in [0.3, 0.4) is 0 Å². The monoisotopic (exact) mass is 468 g/mol. The maximum absolute atomic E-state index is 12.7. The van der Waals surface area contributed by atoms with Crippen LogP contribution in [0.2, 0.25) is 0 Å². The number of carbonyl (C=O) groups excluding carboxylic acids is 2. The molecule has 4 rings (SSSR count). The number of esters is 1. The van der Waals surface area contributed by atoms with Crippen LogP contribution in [0.25, 0.3) is 22.2 Å². The van der Waals surface area contributed by atoms with Crippen LogP contribution in [0.15, 0.2) is 64.8 Å². The number of fused-ring (bicyclic) bond motifs is 1. The smallest absolute Gasteiger partial charge is 0.339 e. The van der Waals surface area contributed by atoms with Crippen LogP contribution in [0.5, 0.6) is 0 Å². The van der Waals surface area contributed by atoms with Crippen molar-refractivity contribution < 1.29 is 14.3 Å². The first-order valence-corrected chi connectivity index (χ1v) is 10.1. The van der Waals surface area contributed by atoms with E-state index in [2.05, 4.69) is 36.2 Å². The number of benzene rings is 1. The molecule has 0 saturated heterocycles. The Morgan fingerprint density at radius 2 is 2.00 bits per heavy atom. The number of nitrogens with zero attached hydrogens (tertiary/aromatic N) is 3. The van der Waals surface area contributed by atoms with E-state index in [1.54, 1.807) is 36.8 Å². The molecule has 4 aromatic rings. The quantitative estimate of drug-likeness (QED) is 0.438. The molecular formula is C20H13BrN4O3S. The van der Waals surface area contributed by atoms with Gasteiger partial charge in [-0.2, -0.15) is 0 Å². The first-order valence-electron chi connectivity index (χ1n) is 8.48. The van der Waals surface area contributed by atoms with Crippen LogP contribution in [0.1, 0.15) is 10.4 Å². The summed E-state index contributed by atoms with van der Waals surface area (Å²) in [7, 11) is 0. The van der Waals surface area contributed by atoms with E-state index in [0.29, 0.717) is 27.3 Å². The molecule has 1 amide bonds. The van der Waals surface area contributed by atoms with Crippen molar-refractivity contribution in [3.8, 4) is 11.3 Å². The largest absolute Gasteiger partial charge is 0.452 e. The van der Waals surface area contributed by atoms with Gasteiger partial charge in [-0.1, -0.05) is 29.5 Å². The van der Waals surface area contributed by atoms with Crippen LogP contribution in [-0.4, -0.2) is 33.4 Å². The Morgan fingerprint density at radius 1 is 1.14 bits per heavy atom. The standard InChI is InChI=1S/C20H13BrN4O3S/c21-17-10-23-20(29-17)25-18(26)11-28-19(27)14-8-16(12-4-3-7-22-9-12)24-15-6-2-1-5-13(14)15/h1-10H,11H2,(H,23,25,26). The summed E-state index contributed by atoms with van der Waals surface area (Å²) in [5.41, 5.74) is 2.36. The number of hydrogen-bond acceptors (Lipinski definition) is 7. The van der Waals surface area contributed by atoms with Gasteiger partial charge in [-0.05, 0) is 40.2 Å². The number of pyridine rings is 2. The highest BCUT2D eigenvalue weighted by Crippen LogP contribution is 2.25. The van der Waals surface area contributed by atoms with Gasteiger partial charge in [0.2, 0.25) is 0 Å². The molecule has 0 saturated carbocycles. The Balaban J connectivity index is 1.57. The molecule has 9 heteroatoms. The van der Waals surface area contributed by atoms with E-state index in [1.165, 1.54) is 11.3 Å². The first-order chi connectivity index (χ1) is 14.1. The fourth-order valence-electron chi connectivity index (χ4n) is 2.68. The van der Waals surface area contributed by atoms with Crippen molar-refractivity contribution in [1.82, 2.24) is 15.0 Å². The lowest BCUT2D eigenvalue weighted by Crippen LogP contribution is -2.21. The summed E-state index contributed by atoms with van der Waals surface area (Å²) >= 11 is 4.54. The lowest BCUT2D eigenvalue weighted by Gasteiger charge is -2.10. The highest BCUT2D eigenvalue weighted by Gasteiger charge is 2.17. The van der Waals surface area contributed by atoms with Crippen LogP contribution in [-0.2, 0) is 9.53 Å². The predicted molar refractivity (Wildman–Crippen MR) is 114 cm³/mol. The minimum Gasteiger partial charge on any atom is -0.452 e. The number of carbonyl (C=O) groups is 2. The molecule has 29 heavy (non-hydrogen) atoms. The Hall–Kier alpha value is -3.17. The number of hydrogen-bond donors (Lipinski definition) is 1. The highest BCUT2D eigenvalue weighted by molar-refractivity contribution is 9.11. The first kappa shape index (κ1) is 19.2. The molecule has 0 bridgehead atoms. The third-order valence-electron chi connectivity index (χ3n) is 3.95. The van der Waals surface area contributed by atoms with E-state index in [4.69, 9.17) is 4.74 Å². The molecule has 0 unspecified atom stereocenters. The van der Waals surface area contributed by atoms with E-state index in [0.717, 1.165) is 9.35 Å². The summed E-state index contributed by atoms with van der Waals surface area (Å²) in [4.78, 5) is 37.5. The number of aromatic nitrogens is 3. The van der Waals surface area contributed by atoms with Gasteiger partial charge in [-0.3, -0.25) is 15.1 Å². The van der Waals surface area contributed by atoms with E-state index < -0.39 is 18.5 Å². The molecule has 3 heterocycles. The van der Waals surface area contributed by atoms with Crippen LogP contribution in [0.4, 0.5) is 5.13 Å². The third-order valence-corrected chi connectivity index (χ3v) is 5.34. The summed E-state index contributed by atoms with van der Waals surface area (Å²) in [6.45, 7) is -0.422. The molecule has 1 N–H and O–H groups in total. The fourth-order valence-corrected chi connectivity index (χ4v) is 3.81. The molecule has 144 valence electrons. The molecule has 0 aliphatic carbocycles. The minimum atomic E-state index is -0.607. The number of nitrogens with one attached hydrogen (secondary N) is 1. The number of para-hydroxylation sites is 1. The second-order valence-electron chi connectivity index (χ2n) is 5.91. The number of halogens is 1. The number of amides is 1. The fraction of sp³-hybridized carbons (Fsp3) is 0.0500. The van der Waals surface area contributed by atoms with Crippen molar-refractivity contribution in [2.24, 2.45) is 0 Å². The van der Waals surface area contributed by atoms with Gasteiger partial charge in [0.05, 0.1) is 26.8 Å². The van der Waals surface area contributed by atoms with Gasteiger partial charge in [0, 0.05) is 23.3 Å². The summed E-state index contributed by atoms with van der Waals surface area (Å²) < 4.78 is 6.03. The molecule has 0 radical (unpaired) electrons. The van der Waals surface area contributed by atoms with Gasteiger partial charge in [0.1, 0.15) is 0 Å². The Kier molecular flexibility index (Phi) is 5.59. The van der Waals surface area contributed by atoms with E-state index >= 15 is 0 Å². The zero-order valence-electron chi connectivity index (χ0n) is 14.8. The number of rotatable bonds is 5. The molecule has 0 spiro atoms. The van der Waals surface area contributed by atoms with Gasteiger partial charge in [0.25, 0.3) is 5.91 Å². The number of anilines is 1. The second kappa shape index (κ2) is 8.46. The molecule has 0 fully saturated rings. The predicted octanol–water partition coefficient (Wildman–Crippen LogP) is 4.31. The second-order valence-corrected chi connectivity index (χ2v) is 8.32. The van der Waals surface area contributed by atoms with Crippen molar-refractivity contribution in [3.05, 3.63) is 70.4 Å². The summed E-state index contributed by atoms with van der Waals surface area (Å²) in [5, 5.41) is 3.65. The van der Waals surface area contributed by atoms with Gasteiger partial charge in [-0.25, -0.2) is 14.8 Å². The topological polar surface area (TPSA) is 94.1 Å². The van der Waals surface area contributed by atoms with Crippen molar-refractivity contribution in [1.29, 1.82) is 0 Å².